The van der Waals surface area contributed by atoms with E-state index in [1.54, 1.807) is 30.3 Å². The Morgan fingerprint density at radius 3 is 2.51 bits per heavy atom. The van der Waals surface area contributed by atoms with Crippen molar-refractivity contribution in [2.45, 2.75) is 52.1 Å². The SMILES string of the molecule is CCCNC(=O)[C@H](CC)N(Cc1ccccc1Cl)C(=O)CCCN(c1ccc2c(c1)OCO2)S(C)(=O)=O. The van der Waals surface area contributed by atoms with Crippen molar-refractivity contribution in [3.05, 3.63) is 53.1 Å². The summed E-state index contributed by atoms with van der Waals surface area (Å²) >= 11 is 6.36. The van der Waals surface area contributed by atoms with Crippen LogP contribution in [0.25, 0.3) is 0 Å². The second kappa shape index (κ2) is 13.0. The van der Waals surface area contributed by atoms with E-state index in [0.717, 1.165) is 18.2 Å². The summed E-state index contributed by atoms with van der Waals surface area (Å²) in [5.74, 6) is 0.548. The van der Waals surface area contributed by atoms with E-state index in [1.807, 2.05) is 26.0 Å². The van der Waals surface area contributed by atoms with Crippen LogP contribution in [0.5, 0.6) is 11.5 Å². The van der Waals surface area contributed by atoms with E-state index >= 15 is 0 Å². The number of rotatable bonds is 13. The van der Waals surface area contributed by atoms with Crippen LogP contribution in [0.1, 0.15) is 45.1 Å². The molecule has 11 heteroatoms. The summed E-state index contributed by atoms with van der Waals surface area (Å²) in [6, 6.07) is 11.4. The molecule has 9 nitrogen and oxygen atoms in total. The molecule has 1 aliphatic heterocycles. The standard InChI is InChI=1S/C26H34ClN3O6S/c1-4-14-28-26(32)22(5-2)29(17-19-9-6-7-10-21(19)27)25(31)11-8-15-30(37(3,33)34)20-12-13-23-24(16-20)36-18-35-23/h6-7,9-10,12-13,16,22H,4-5,8,11,14-15,17-18H2,1-3H3,(H,28,32)/t22-/m0/s1. The number of hydrogen-bond acceptors (Lipinski definition) is 6. The number of amides is 2. The van der Waals surface area contributed by atoms with E-state index in [1.165, 1.54) is 9.21 Å². The molecule has 0 spiro atoms. The lowest BCUT2D eigenvalue weighted by Crippen LogP contribution is -2.49. The van der Waals surface area contributed by atoms with Crippen LogP contribution in [0.3, 0.4) is 0 Å². The molecule has 0 saturated carbocycles. The third-order valence-corrected chi connectivity index (χ3v) is 7.59. The van der Waals surface area contributed by atoms with Crippen molar-refractivity contribution in [1.29, 1.82) is 0 Å². The van der Waals surface area contributed by atoms with E-state index in [2.05, 4.69) is 5.32 Å². The molecule has 3 rings (SSSR count). The van der Waals surface area contributed by atoms with Gasteiger partial charge in [-0.1, -0.05) is 43.6 Å². The largest absolute Gasteiger partial charge is 0.454 e. The Hall–Kier alpha value is -2.98. The van der Waals surface area contributed by atoms with Gasteiger partial charge in [-0.3, -0.25) is 13.9 Å². The van der Waals surface area contributed by atoms with Crippen molar-refractivity contribution in [1.82, 2.24) is 10.2 Å². The summed E-state index contributed by atoms with van der Waals surface area (Å²) in [6.45, 7) is 4.67. The highest BCUT2D eigenvalue weighted by Crippen LogP contribution is 2.36. The molecule has 202 valence electrons. The highest BCUT2D eigenvalue weighted by molar-refractivity contribution is 7.92. The summed E-state index contributed by atoms with van der Waals surface area (Å²) < 4.78 is 37.0. The number of sulfonamides is 1. The molecule has 2 aromatic rings. The topological polar surface area (TPSA) is 105 Å². The number of hydrogen-bond donors (Lipinski definition) is 1. The molecule has 2 aromatic carbocycles. The van der Waals surface area contributed by atoms with Gasteiger partial charge in [-0.2, -0.15) is 0 Å². The van der Waals surface area contributed by atoms with Crippen LogP contribution in [-0.4, -0.2) is 57.3 Å². The minimum atomic E-state index is -3.62. The van der Waals surface area contributed by atoms with Gasteiger partial charge in [0, 0.05) is 37.1 Å². The van der Waals surface area contributed by atoms with Crippen molar-refractivity contribution in [2.75, 3.05) is 30.4 Å². The number of benzene rings is 2. The summed E-state index contributed by atoms with van der Waals surface area (Å²) in [6.07, 6.45) is 2.64. The van der Waals surface area contributed by atoms with Gasteiger partial charge in [0.15, 0.2) is 11.5 Å². The first-order valence-electron chi connectivity index (χ1n) is 12.3. The van der Waals surface area contributed by atoms with Gasteiger partial charge < -0.3 is 19.7 Å². The molecule has 1 heterocycles. The van der Waals surface area contributed by atoms with E-state index in [4.69, 9.17) is 21.1 Å². The third-order valence-electron chi connectivity index (χ3n) is 6.03. The van der Waals surface area contributed by atoms with Gasteiger partial charge >= 0.3 is 0 Å². The van der Waals surface area contributed by atoms with E-state index < -0.39 is 16.1 Å². The Morgan fingerprint density at radius 2 is 1.84 bits per heavy atom. The predicted molar refractivity (Wildman–Crippen MR) is 143 cm³/mol. The smallest absolute Gasteiger partial charge is 0.242 e. The van der Waals surface area contributed by atoms with Crippen LogP contribution >= 0.6 is 11.6 Å². The number of halogens is 1. The van der Waals surface area contributed by atoms with Crippen molar-refractivity contribution in [3.8, 4) is 11.5 Å². The van der Waals surface area contributed by atoms with Crippen LogP contribution in [0, 0.1) is 0 Å². The van der Waals surface area contributed by atoms with Gasteiger partial charge in [-0.05, 0) is 43.0 Å². The van der Waals surface area contributed by atoms with Gasteiger partial charge in [-0.25, -0.2) is 8.42 Å². The molecular formula is C26H34ClN3O6S. The molecule has 0 saturated heterocycles. The molecular weight excluding hydrogens is 518 g/mol. The van der Waals surface area contributed by atoms with Crippen LogP contribution < -0.4 is 19.1 Å². The second-order valence-electron chi connectivity index (χ2n) is 8.80. The molecule has 1 aliphatic rings. The summed E-state index contributed by atoms with van der Waals surface area (Å²) in [5, 5.41) is 3.39. The minimum Gasteiger partial charge on any atom is -0.454 e. The Kier molecular flexibility index (Phi) is 10.0. The molecule has 0 aromatic heterocycles. The Balaban J connectivity index is 1.76. The predicted octanol–water partition coefficient (Wildman–Crippen LogP) is 3.95. The molecule has 37 heavy (non-hydrogen) atoms. The van der Waals surface area contributed by atoms with Crippen molar-refractivity contribution >= 4 is 39.1 Å². The summed E-state index contributed by atoms with van der Waals surface area (Å²) in [5.41, 5.74) is 1.16. The maximum absolute atomic E-state index is 13.5. The van der Waals surface area contributed by atoms with Crippen molar-refractivity contribution in [2.24, 2.45) is 0 Å². The average molecular weight is 552 g/mol. The van der Waals surface area contributed by atoms with E-state index in [9.17, 15) is 18.0 Å². The number of ether oxygens (including phenoxy) is 2. The lowest BCUT2D eigenvalue weighted by molar-refractivity contribution is -0.141. The first-order chi connectivity index (χ1) is 17.7. The maximum atomic E-state index is 13.5. The average Bonchev–Trinajstić information content (AvgIpc) is 3.33. The monoisotopic (exact) mass is 551 g/mol. The van der Waals surface area contributed by atoms with Crippen LogP contribution in [0.15, 0.2) is 42.5 Å². The number of fused-ring (bicyclic) bond motifs is 1. The number of nitrogens with one attached hydrogen (secondary N) is 1. The quantitative estimate of drug-likeness (QED) is 0.404. The Labute approximate surface area is 223 Å². The van der Waals surface area contributed by atoms with Gasteiger partial charge in [0.25, 0.3) is 0 Å². The molecule has 1 atom stereocenters. The molecule has 0 radical (unpaired) electrons. The van der Waals surface area contributed by atoms with Crippen LogP contribution in [-0.2, 0) is 26.2 Å². The van der Waals surface area contributed by atoms with Crippen LogP contribution in [0.4, 0.5) is 5.69 Å². The molecule has 1 N–H and O–H groups in total. The Morgan fingerprint density at radius 1 is 1.11 bits per heavy atom. The first-order valence-corrected chi connectivity index (χ1v) is 14.6. The molecule has 2 amide bonds. The van der Waals surface area contributed by atoms with Crippen molar-refractivity contribution < 1.29 is 27.5 Å². The van der Waals surface area contributed by atoms with E-state index in [0.29, 0.717) is 35.2 Å². The number of carbonyl (C=O) groups is 2. The zero-order valence-electron chi connectivity index (χ0n) is 21.4. The molecule has 0 fully saturated rings. The normalized spacial score (nSPS) is 13.2. The fourth-order valence-electron chi connectivity index (χ4n) is 4.14. The Bertz CT molecular complexity index is 1210. The minimum absolute atomic E-state index is 0.0541. The maximum Gasteiger partial charge on any atom is 0.242 e. The lowest BCUT2D eigenvalue weighted by atomic mass is 10.1. The third kappa shape index (κ3) is 7.52. The van der Waals surface area contributed by atoms with Gasteiger partial charge in [-0.15, -0.1) is 0 Å². The molecule has 0 unspecified atom stereocenters. The van der Waals surface area contributed by atoms with Gasteiger partial charge in [0.2, 0.25) is 28.6 Å². The second-order valence-corrected chi connectivity index (χ2v) is 11.1. The fraction of sp³-hybridized carbons (Fsp3) is 0.462. The highest BCUT2D eigenvalue weighted by Gasteiger charge is 2.29. The highest BCUT2D eigenvalue weighted by atomic mass is 35.5. The van der Waals surface area contributed by atoms with E-state index in [-0.39, 0.29) is 44.5 Å². The molecule has 0 aliphatic carbocycles. The number of anilines is 1. The molecule has 0 bridgehead atoms. The lowest BCUT2D eigenvalue weighted by Gasteiger charge is -2.31. The zero-order chi connectivity index (χ0) is 27.0. The fourth-order valence-corrected chi connectivity index (χ4v) is 5.29. The summed E-state index contributed by atoms with van der Waals surface area (Å²) in [4.78, 5) is 27.9. The zero-order valence-corrected chi connectivity index (χ0v) is 23.0. The van der Waals surface area contributed by atoms with Gasteiger partial charge in [0.05, 0.1) is 11.9 Å². The summed E-state index contributed by atoms with van der Waals surface area (Å²) in [7, 11) is -3.62. The number of carbonyl (C=O) groups excluding carboxylic acids is 2. The first kappa shape index (κ1) is 28.6. The van der Waals surface area contributed by atoms with Crippen molar-refractivity contribution in [3.63, 3.8) is 0 Å². The van der Waals surface area contributed by atoms with Crippen LogP contribution in [0.2, 0.25) is 5.02 Å². The van der Waals surface area contributed by atoms with Gasteiger partial charge in [0.1, 0.15) is 6.04 Å². The number of nitrogens with zero attached hydrogens (tertiary/aromatic N) is 2.